The van der Waals surface area contributed by atoms with E-state index < -0.39 is 168 Å². The SMILES string of the molecule is CC(C)C[C@H](NC(=O)CNC(=O)[C@H](Cc1ccc(O)cc1)NC(=O)[C@H](CC(N)=O)NC(=O)[C@H](CCCCN)NC(=O)[C@H](CC(C)C)NC(=O)[C@H](CC(C)C)NC(=O)[C@H](C)N)C(=O)N[C@@H](CC(C)C)C(=O)N[C@@H](Cc1ccc(O)cc1)C(=O)N[C@@H](CS)C(=O)N[C@@H](Cc1ccccc1)C(=O)N[C@@H](CCCN=C(N)N)C(=O)O. The Hall–Kier alpha value is -10.6. The van der Waals surface area contributed by atoms with E-state index in [0.29, 0.717) is 23.1 Å². The second-order valence-corrected chi connectivity index (χ2v) is 29.5. The number of aromatic hydroxyl groups is 2. The summed E-state index contributed by atoms with van der Waals surface area (Å²) in [6.45, 7) is 15.2. The van der Waals surface area contributed by atoms with Crippen LogP contribution < -0.4 is 92.5 Å². The van der Waals surface area contributed by atoms with Crippen molar-refractivity contribution in [1.82, 2.24) is 63.8 Å². The highest BCUT2D eigenvalue weighted by Gasteiger charge is 2.37. The van der Waals surface area contributed by atoms with Gasteiger partial charge in [-0.25, -0.2) is 4.79 Å². The van der Waals surface area contributed by atoms with Crippen molar-refractivity contribution in [2.45, 2.75) is 218 Å². The molecule has 0 spiro atoms. The lowest BCUT2D eigenvalue weighted by atomic mass is 9.99. The van der Waals surface area contributed by atoms with Crippen LogP contribution >= 0.6 is 12.6 Å². The van der Waals surface area contributed by atoms with Gasteiger partial charge in [0.05, 0.1) is 19.0 Å². The molecule has 0 aliphatic heterocycles. The number of thiol groups is 1. The number of carboxylic acid groups (broad SMARTS) is 1. The summed E-state index contributed by atoms with van der Waals surface area (Å²) in [5.74, 6) is -14.6. The highest BCUT2D eigenvalue weighted by atomic mass is 32.1. The fourth-order valence-corrected chi connectivity index (χ4v) is 11.7. The van der Waals surface area contributed by atoms with Gasteiger partial charge in [-0.05, 0) is 136 Å². The fraction of sp³-hybridized carbons (Fsp3) is 0.560. The summed E-state index contributed by atoms with van der Waals surface area (Å²) in [6.07, 6.45) is -0.573. The Morgan fingerprint density at radius 3 is 1.13 bits per heavy atom. The molecule has 13 amide bonds. The van der Waals surface area contributed by atoms with Gasteiger partial charge in [-0.2, -0.15) is 12.6 Å². The van der Waals surface area contributed by atoms with Crippen LogP contribution in [0.25, 0.3) is 0 Å². The summed E-state index contributed by atoms with van der Waals surface area (Å²) < 4.78 is 0. The molecule has 36 heteroatoms. The summed E-state index contributed by atoms with van der Waals surface area (Å²) in [4.78, 5) is 198. The molecule has 3 rings (SSSR count). The average Bonchev–Trinajstić information content (AvgIpc) is 0.854. The van der Waals surface area contributed by atoms with Crippen LogP contribution in [0.15, 0.2) is 83.9 Å². The van der Waals surface area contributed by atoms with E-state index in [0.717, 1.165) is 0 Å². The molecule has 0 fully saturated rings. The number of phenolic OH excluding ortho intramolecular Hbond substituents is 2. The molecule has 25 N–H and O–H groups in total. The first kappa shape index (κ1) is 94.6. The molecular formula is C75H116N18O17S. The van der Waals surface area contributed by atoms with Gasteiger partial charge in [-0.15, -0.1) is 0 Å². The van der Waals surface area contributed by atoms with E-state index in [1.807, 2.05) is 13.8 Å². The van der Waals surface area contributed by atoms with Gasteiger partial charge in [-0.3, -0.25) is 67.3 Å². The average molecular weight is 1570 g/mol. The van der Waals surface area contributed by atoms with E-state index in [2.05, 4.69) is 81.4 Å². The Labute approximate surface area is 652 Å². The number of unbranched alkanes of at least 4 members (excludes halogenated alkanes) is 1. The van der Waals surface area contributed by atoms with Crippen LogP contribution in [0.4, 0.5) is 0 Å². The number of aliphatic imine (C=N–C) groups is 1. The summed E-state index contributed by atoms with van der Waals surface area (Å²) in [5, 5.41) is 61.3. The normalized spacial score (nSPS) is 14.5. The predicted molar refractivity (Wildman–Crippen MR) is 418 cm³/mol. The van der Waals surface area contributed by atoms with Gasteiger partial charge in [0.1, 0.15) is 78.0 Å². The zero-order chi connectivity index (χ0) is 83.2. The lowest BCUT2D eigenvalue weighted by molar-refractivity contribution is -0.142. The maximum atomic E-state index is 14.7. The van der Waals surface area contributed by atoms with Crippen LogP contribution in [0, 0.1) is 23.7 Å². The van der Waals surface area contributed by atoms with Crippen molar-refractivity contribution in [3.63, 3.8) is 0 Å². The Balaban J connectivity index is 1.92. The molecule has 35 nitrogen and oxygen atoms in total. The number of benzene rings is 3. The molecule has 0 saturated heterocycles. The number of primary amides is 1. The Kier molecular flexibility index (Phi) is 41.6. The van der Waals surface area contributed by atoms with Crippen LogP contribution in [0.1, 0.15) is 143 Å². The zero-order valence-corrected chi connectivity index (χ0v) is 65.5. The van der Waals surface area contributed by atoms with Crippen LogP contribution in [-0.4, -0.2) is 202 Å². The molecule has 614 valence electrons. The van der Waals surface area contributed by atoms with E-state index in [1.54, 1.807) is 71.9 Å². The molecule has 3 aromatic rings. The lowest BCUT2D eigenvalue weighted by Crippen LogP contribution is -2.61. The largest absolute Gasteiger partial charge is 0.508 e. The Morgan fingerprint density at radius 2 is 0.730 bits per heavy atom. The minimum atomic E-state index is -1.79. The molecule has 0 aromatic heterocycles. The monoisotopic (exact) mass is 1570 g/mol. The van der Waals surface area contributed by atoms with Crippen molar-refractivity contribution in [2.75, 3.05) is 25.4 Å². The number of hydrogen-bond donors (Lipinski definition) is 21. The first-order valence-electron chi connectivity index (χ1n) is 37.1. The highest BCUT2D eigenvalue weighted by Crippen LogP contribution is 2.18. The number of guanidine groups is 1. The number of carboxylic acids is 1. The Bertz CT molecular complexity index is 3600. The number of carbonyl (C=O) groups excluding carboxylic acids is 13. The molecule has 3 aromatic carbocycles. The van der Waals surface area contributed by atoms with Crippen LogP contribution in [0.2, 0.25) is 0 Å². The summed E-state index contributed by atoms with van der Waals surface area (Å²) >= 11 is 4.34. The van der Waals surface area contributed by atoms with Gasteiger partial charge in [-0.1, -0.05) is 110 Å². The first-order valence-corrected chi connectivity index (χ1v) is 37.8. The highest BCUT2D eigenvalue weighted by molar-refractivity contribution is 7.80. The molecule has 0 radical (unpaired) electrons. The predicted octanol–water partition coefficient (Wildman–Crippen LogP) is -1.82. The smallest absolute Gasteiger partial charge is 0.326 e. The molecule has 0 saturated carbocycles. The number of hydrogen-bond acceptors (Lipinski definition) is 20. The Morgan fingerprint density at radius 1 is 0.396 bits per heavy atom. The second kappa shape index (κ2) is 48.8. The quantitative estimate of drug-likeness (QED) is 0.0128. The van der Waals surface area contributed by atoms with Crippen LogP contribution in [0.3, 0.4) is 0 Å². The molecule has 111 heavy (non-hydrogen) atoms. The maximum Gasteiger partial charge on any atom is 0.326 e. The topological polar surface area (TPSA) is 586 Å². The van der Waals surface area contributed by atoms with Crippen molar-refractivity contribution in [2.24, 2.45) is 57.3 Å². The third-order valence-corrected chi connectivity index (χ3v) is 17.5. The number of rotatable bonds is 50. The fourth-order valence-electron chi connectivity index (χ4n) is 11.4. The summed E-state index contributed by atoms with van der Waals surface area (Å²) in [5.41, 5.74) is 29.4. The molecular weight excluding hydrogens is 1460 g/mol. The van der Waals surface area contributed by atoms with E-state index in [-0.39, 0.29) is 131 Å². The molecule has 0 aliphatic rings. The third kappa shape index (κ3) is 36.6. The molecule has 0 bridgehead atoms. The number of phenols is 2. The third-order valence-electron chi connectivity index (χ3n) is 17.1. The standard InChI is InChI=1S/C75H116N18O17S/c1-40(2)30-52(66(101)87-55(33-43(7)8)69(104)90-58(36-47-22-26-49(95)27-23-47)71(106)93-60(39-111)73(108)91-57(34-45-16-11-10-12-17-45)70(105)85-51(74(109)110)19-15-29-81-75(79)80)83-62(97)38-82-64(99)56(35-46-20-24-48(94)25-21-46)89-72(107)59(37-61(78)96)92-65(100)50(18-13-14-28-76)84-67(102)54(32-42(5)6)88-68(103)53(31-41(3)4)86-63(98)44(9)77/h10-12,16-17,20-27,40-44,50-60,94-95,111H,13-15,18-19,28-39,76-77H2,1-9H3,(H2,78,96)(H,82,99)(H,83,97)(H,84,102)(H,85,105)(H,86,98)(H,87,101)(H,88,103)(H,89,107)(H,90,104)(H,91,108)(H,92,100)(H,93,106)(H,109,110)(H4,79,80,81)/t44-,50-,51-,52-,53-,54-,55-,56-,57-,58-,59-,60-/m0/s1. The lowest BCUT2D eigenvalue weighted by Gasteiger charge is -2.28. The number of nitrogens with two attached hydrogens (primary N) is 5. The number of amides is 13. The van der Waals surface area contributed by atoms with E-state index in [4.69, 9.17) is 28.7 Å². The second-order valence-electron chi connectivity index (χ2n) is 29.1. The van der Waals surface area contributed by atoms with Gasteiger partial charge in [0.25, 0.3) is 0 Å². The van der Waals surface area contributed by atoms with Gasteiger partial charge >= 0.3 is 5.97 Å². The molecule has 0 heterocycles. The summed E-state index contributed by atoms with van der Waals surface area (Å²) in [7, 11) is 0. The van der Waals surface area contributed by atoms with Crippen molar-refractivity contribution < 1.29 is 82.4 Å². The van der Waals surface area contributed by atoms with E-state index >= 15 is 0 Å². The molecule has 0 aliphatic carbocycles. The van der Waals surface area contributed by atoms with Gasteiger partial charge in [0, 0.05) is 31.6 Å². The first-order chi connectivity index (χ1) is 52.3. The van der Waals surface area contributed by atoms with Crippen LogP contribution in [-0.2, 0) is 86.4 Å². The van der Waals surface area contributed by atoms with Crippen molar-refractivity contribution in [3.8, 4) is 11.5 Å². The minimum absolute atomic E-state index is 0.0245. The van der Waals surface area contributed by atoms with Crippen molar-refractivity contribution in [3.05, 3.63) is 95.6 Å². The zero-order valence-electron chi connectivity index (χ0n) is 64.6. The van der Waals surface area contributed by atoms with Crippen LogP contribution in [0.5, 0.6) is 11.5 Å². The van der Waals surface area contributed by atoms with E-state index in [9.17, 15) is 82.4 Å². The van der Waals surface area contributed by atoms with Gasteiger partial charge in [0.15, 0.2) is 5.96 Å². The number of nitrogens with zero attached hydrogens (tertiary/aromatic N) is 1. The number of aliphatic carboxylic acids is 1. The molecule has 12 atom stereocenters. The molecule has 0 unspecified atom stereocenters. The maximum absolute atomic E-state index is 14.7. The van der Waals surface area contributed by atoms with Gasteiger partial charge in [0.2, 0.25) is 76.8 Å². The van der Waals surface area contributed by atoms with Gasteiger partial charge < -0.3 is 108 Å². The number of carbonyl (C=O) groups is 14. The summed E-state index contributed by atoms with van der Waals surface area (Å²) in [6, 6.07) is 3.00. The van der Waals surface area contributed by atoms with E-state index in [1.165, 1.54) is 55.5 Å². The van der Waals surface area contributed by atoms with Crippen molar-refractivity contribution in [1.29, 1.82) is 0 Å². The minimum Gasteiger partial charge on any atom is -0.508 e. The van der Waals surface area contributed by atoms with Crippen molar-refractivity contribution >= 4 is 101 Å². The number of nitrogens with one attached hydrogen (secondary N) is 12.